The molecular weight excluding hydrogens is 560 g/mol. The maximum absolute atomic E-state index is 12.0. The molecule has 4 N–H and O–H groups in total. The second kappa shape index (κ2) is 11.2. The van der Waals surface area contributed by atoms with E-state index >= 15 is 0 Å². The highest BCUT2D eigenvalue weighted by atomic mass is 79.9. The second-order valence-corrected chi connectivity index (χ2v) is 7.01. The Balaban J connectivity index is 0.00000182. The average Bonchev–Trinajstić information content (AvgIpc) is 3.11. The van der Waals surface area contributed by atoms with Gasteiger partial charge in [0.15, 0.2) is 0 Å². The molecule has 3 aromatic rings. The fraction of sp³-hybridized carbons (Fsp3) is 0. The summed E-state index contributed by atoms with van der Waals surface area (Å²) in [6.45, 7) is 0. The van der Waals surface area contributed by atoms with Crippen LogP contribution >= 0.6 is 61.2 Å². The molecule has 0 saturated heterocycles. The third kappa shape index (κ3) is 7.10. The molecule has 2 amide bonds. The average molecular weight is 577 g/mol. The molecule has 0 saturated carbocycles. The molecule has 0 radical (unpaired) electrons. The van der Waals surface area contributed by atoms with Crippen LogP contribution in [0.15, 0.2) is 70.5 Å². The molecule has 5 nitrogen and oxygen atoms in total. The van der Waals surface area contributed by atoms with Crippen molar-refractivity contribution in [3.63, 3.8) is 0 Å². The monoisotopic (exact) mass is 574 g/mol. The van der Waals surface area contributed by atoms with E-state index in [9.17, 15) is 4.79 Å². The molecule has 0 atom stereocenters. The Bertz CT molecular complexity index is 886. The van der Waals surface area contributed by atoms with Crippen molar-refractivity contribution in [3.05, 3.63) is 75.4 Å². The van der Waals surface area contributed by atoms with Gasteiger partial charge in [0.05, 0.1) is 4.88 Å². The van der Waals surface area contributed by atoms with Gasteiger partial charge in [-0.1, -0.05) is 28.1 Å². The highest BCUT2D eigenvalue weighted by Gasteiger charge is 2.05. The van der Waals surface area contributed by atoms with Crippen molar-refractivity contribution in [1.29, 1.82) is 5.41 Å². The summed E-state index contributed by atoms with van der Waals surface area (Å²) in [6.07, 6.45) is 0. The Morgan fingerprint density at radius 1 is 0.852 bits per heavy atom. The summed E-state index contributed by atoms with van der Waals surface area (Å²) < 4.78 is 0.897. The first-order valence-corrected chi connectivity index (χ1v) is 9.10. The van der Waals surface area contributed by atoms with E-state index in [1.807, 2.05) is 53.9 Å². The molecule has 0 aliphatic carbocycles. The zero-order valence-corrected chi connectivity index (χ0v) is 19.7. The number of urea groups is 1. The lowest BCUT2D eigenvalue weighted by Gasteiger charge is -2.10. The Morgan fingerprint density at radius 3 is 2.07 bits per heavy atom. The molecule has 142 valence electrons. The van der Waals surface area contributed by atoms with Crippen LogP contribution in [0.4, 0.5) is 21.9 Å². The summed E-state index contributed by atoms with van der Waals surface area (Å²) >= 11 is 4.87. The molecule has 0 bridgehead atoms. The number of carbonyl (C=O) groups excluding carboxylic acids is 1. The molecule has 0 unspecified atom stereocenters. The van der Waals surface area contributed by atoms with Crippen LogP contribution in [0.25, 0.3) is 0 Å². The summed E-state index contributed by atoms with van der Waals surface area (Å²) in [6, 6.07) is 18.1. The van der Waals surface area contributed by atoms with E-state index < -0.39 is 0 Å². The van der Waals surface area contributed by atoms with Gasteiger partial charge in [-0.15, -0.1) is 45.3 Å². The fourth-order valence-corrected chi connectivity index (χ4v) is 3.15. The maximum Gasteiger partial charge on any atom is 0.323 e. The number of amidine groups is 1. The molecule has 0 aliphatic heterocycles. The second-order valence-electron chi connectivity index (χ2n) is 5.14. The fourth-order valence-electron chi connectivity index (χ4n) is 2.12. The number of rotatable bonds is 4. The van der Waals surface area contributed by atoms with Crippen LogP contribution in [0.3, 0.4) is 0 Å². The van der Waals surface area contributed by atoms with Crippen LogP contribution in [0, 0.1) is 5.41 Å². The first-order chi connectivity index (χ1) is 12.1. The number of amides is 2. The first-order valence-electron chi connectivity index (χ1n) is 7.43. The van der Waals surface area contributed by atoms with Gasteiger partial charge in [0.2, 0.25) is 0 Å². The van der Waals surface area contributed by atoms with Crippen LogP contribution in [0.2, 0.25) is 0 Å². The minimum absolute atomic E-state index is 0. The van der Waals surface area contributed by atoms with Gasteiger partial charge in [-0.2, -0.15) is 0 Å². The lowest BCUT2D eigenvalue weighted by molar-refractivity contribution is 0.262. The summed E-state index contributed by atoms with van der Waals surface area (Å²) in [5.41, 5.74) is 2.16. The number of hydrogen-bond acceptors (Lipinski definition) is 3. The number of hydrogen-bond donors (Lipinski definition) is 4. The zero-order chi connectivity index (χ0) is 17.6. The predicted molar refractivity (Wildman–Crippen MR) is 129 cm³/mol. The zero-order valence-electron chi connectivity index (χ0n) is 13.9. The van der Waals surface area contributed by atoms with Gasteiger partial charge in [-0.3, -0.25) is 5.41 Å². The number of nitrogens with one attached hydrogen (secondary N) is 4. The third-order valence-electron chi connectivity index (χ3n) is 3.26. The minimum Gasteiger partial charge on any atom is -0.340 e. The first kappa shape index (κ1) is 23.4. The normalized spacial score (nSPS) is 9.37. The van der Waals surface area contributed by atoms with Crippen molar-refractivity contribution in [2.75, 3.05) is 16.0 Å². The summed E-state index contributed by atoms with van der Waals surface area (Å²) in [4.78, 5) is 12.9. The molecular formula is C18H17Br3N4OS. The van der Waals surface area contributed by atoms with Crippen molar-refractivity contribution in [3.8, 4) is 0 Å². The van der Waals surface area contributed by atoms with Gasteiger partial charge < -0.3 is 16.0 Å². The summed E-state index contributed by atoms with van der Waals surface area (Å²) in [5.74, 6) is 0.350. The van der Waals surface area contributed by atoms with Crippen LogP contribution < -0.4 is 16.0 Å². The van der Waals surface area contributed by atoms with Crippen LogP contribution in [0.1, 0.15) is 4.88 Å². The molecule has 0 aliphatic rings. The van der Waals surface area contributed by atoms with Gasteiger partial charge in [0, 0.05) is 21.5 Å². The Hall–Kier alpha value is -1.68. The Morgan fingerprint density at radius 2 is 1.48 bits per heavy atom. The number of thiophene rings is 1. The number of anilines is 3. The lowest BCUT2D eigenvalue weighted by Crippen LogP contribution is -2.19. The van der Waals surface area contributed by atoms with E-state index in [1.54, 1.807) is 12.1 Å². The smallest absolute Gasteiger partial charge is 0.323 e. The largest absolute Gasteiger partial charge is 0.340 e. The van der Waals surface area contributed by atoms with Crippen molar-refractivity contribution in [2.24, 2.45) is 0 Å². The Kier molecular flexibility index (Phi) is 9.71. The van der Waals surface area contributed by atoms with E-state index in [-0.39, 0.29) is 40.0 Å². The molecule has 0 spiro atoms. The molecule has 0 fully saturated rings. The van der Waals surface area contributed by atoms with E-state index in [2.05, 4.69) is 31.9 Å². The van der Waals surface area contributed by atoms with Gasteiger partial charge in [-0.25, -0.2) is 4.79 Å². The van der Waals surface area contributed by atoms with Gasteiger partial charge in [0.1, 0.15) is 5.84 Å². The number of carbonyl (C=O) groups is 1. The van der Waals surface area contributed by atoms with E-state index in [1.165, 1.54) is 11.3 Å². The number of halogens is 3. The standard InChI is InChI=1S/C18H15BrN4OS.2BrH/c19-12-3-1-4-15(11-12)23-18(24)22-14-8-6-13(7-9-14)21-17(20)16-5-2-10-25-16;;/h1-11H,(H2,20,21)(H2,22,23,24);2*1H. The summed E-state index contributed by atoms with van der Waals surface area (Å²) in [7, 11) is 0. The van der Waals surface area contributed by atoms with Crippen LogP contribution in [0.5, 0.6) is 0 Å². The van der Waals surface area contributed by atoms with Gasteiger partial charge in [-0.05, 0) is 53.9 Å². The highest BCUT2D eigenvalue weighted by Crippen LogP contribution is 2.18. The van der Waals surface area contributed by atoms with Crippen molar-refractivity contribution < 1.29 is 4.79 Å². The van der Waals surface area contributed by atoms with Crippen LogP contribution in [-0.4, -0.2) is 11.9 Å². The SMILES string of the molecule is Br.Br.N=C(Nc1ccc(NC(=O)Nc2cccc(Br)c2)cc1)c1cccs1. The minimum atomic E-state index is -0.315. The van der Waals surface area contributed by atoms with Crippen molar-refractivity contribution >= 4 is 90.2 Å². The highest BCUT2D eigenvalue weighted by molar-refractivity contribution is 9.10. The van der Waals surface area contributed by atoms with E-state index in [0.717, 1.165) is 15.0 Å². The van der Waals surface area contributed by atoms with Gasteiger partial charge in [0.25, 0.3) is 0 Å². The quantitative estimate of drug-likeness (QED) is 0.205. The van der Waals surface area contributed by atoms with E-state index in [4.69, 9.17) is 5.41 Å². The topological polar surface area (TPSA) is 77.0 Å². The lowest BCUT2D eigenvalue weighted by atomic mass is 10.2. The van der Waals surface area contributed by atoms with Gasteiger partial charge >= 0.3 is 6.03 Å². The van der Waals surface area contributed by atoms with Crippen molar-refractivity contribution in [1.82, 2.24) is 0 Å². The number of benzene rings is 2. The van der Waals surface area contributed by atoms with E-state index in [0.29, 0.717) is 17.2 Å². The third-order valence-corrected chi connectivity index (χ3v) is 4.64. The van der Waals surface area contributed by atoms with Crippen molar-refractivity contribution in [2.45, 2.75) is 0 Å². The maximum atomic E-state index is 12.0. The van der Waals surface area contributed by atoms with Crippen LogP contribution in [-0.2, 0) is 0 Å². The molecule has 3 rings (SSSR count). The molecule has 9 heteroatoms. The molecule has 27 heavy (non-hydrogen) atoms. The predicted octanol–water partition coefficient (Wildman–Crippen LogP) is 6.75. The molecule has 2 aromatic carbocycles. The summed E-state index contributed by atoms with van der Waals surface area (Å²) in [5, 5.41) is 18.5. The molecule has 1 aromatic heterocycles. The molecule has 1 heterocycles. The Labute approximate surface area is 190 Å².